The van der Waals surface area contributed by atoms with Crippen molar-refractivity contribution < 1.29 is 28.1 Å². The number of anilines is 1. The molecule has 0 aliphatic rings. The number of nitro groups is 1. The molecule has 1 aromatic heterocycles. The second-order valence-corrected chi connectivity index (χ2v) is 5.23. The monoisotopic (exact) mass is 364 g/mol. The Hall–Kier alpha value is -3.56. The van der Waals surface area contributed by atoms with E-state index in [-0.39, 0.29) is 17.0 Å². The van der Waals surface area contributed by atoms with Crippen LogP contribution in [0.25, 0.3) is 0 Å². The predicted molar refractivity (Wildman–Crippen MR) is 86.4 cm³/mol. The van der Waals surface area contributed by atoms with Crippen molar-refractivity contribution in [2.75, 3.05) is 11.9 Å². The lowest BCUT2D eigenvalue weighted by Gasteiger charge is -2.09. The molecule has 0 atom stereocenters. The van der Waals surface area contributed by atoms with Crippen molar-refractivity contribution in [1.29, 1.82) is 0 Å². The van der Waals surface area contributed by atoms with E-state index < -0.39 is 40.5 Å². The van der Waals surface area contributed by atoms with Crippen LogP contribution in [-0.2, 0) is 9.53 Å². The summed E-state index contributed by atoms with van der Waals surface area (Å²) in [5.41, 5.74) is -1.09. The molecular formula is C16H13FN2O7. The van der Waals surface area contributed by atoms with E-state index in [1.807, 2.05) is 0 Å². The average Bonchev–Trinajstić information content (AvgIpc) is 2.53. The minimum atomic E-state index is -1.05. The molecule has 0 aliphatic carbocycles. The van der Waals surface area contributed by atoms with Crippen LogP contribution >= 0.6 is 0 Å². The maximum Gasteiger partial charge on any atom is 0.342 e. The Labute approximate surface area is 145 Å². The summed E-state index contributed by atoms with van der Waals surface area (Å²) >= 11 is 0. The largest absolute Gasteiger partial charge is 0.452 e. The highest BCUT2D eigenvalue weighted by Gasteiger charge is 2.19. The molecule has 1 aromatic carbocycles. The number of benzene rings is 1. The third-order valence-electron chi connectivity index (χ3n) is 3.30. The minimum absolute atomic E-state index is 0.0230. The minimum Gasteiger partial charge on any atom is -0.452 e. The first-order valence-corrected chi connectivity index (χ1v) is 7.21. The molecule has 1 amide bonds. The number of ether oxygens (including phenoxy) is 1. The Kier molecular flexibility index (Phi) is 5.45. The summed E-state index contributed by atoms with van der Waals surface area (Å²) in [6.45, 7) is 2.23. The van der Waals surface area contributed by atoms with Gasteiger partial charge in [-0.05, 0) is 31.5 Å². The first-order valence-electron chi connectivity index (χ1n) is 7.21. The number of halogens is 1. The first kappa shape index (κ1) is 18.8. The van der Waals surface area contributed by atoms with E-state index in [0.29, 0.717) is 5.56 Å². The van der Waals surface area contributed by atoms with Gasteiger partial charge in [0.1, 0.15) is 11.3 Å². The second-order valence-electron chi connectivity index (χ2n) is 5.23. The lowest BCUT2D eigenvalue weighted by atomic mass is 10.1. The van der Waals surface area contributed by atoms with Gasteiger partial charge in [0.25, 0.3) is 5.91 Å². The van der Waals surface area contributed by atoms with Crippen molar-refractivity contribution >= 4 is 23.3 Å². The average molecular weight is 364 g/mol. The van der Waals surface area contributed by atoms with Gasteiger partial charge in [0, 0.05) is 17.8 Å². The number of rotatable bonds is 5. The van der Waals surface area contributed by atoms with Crippen molar-refractivity contribution in [2.24, 2.45) is 0 Å². The van der Waals surface area contributed by atoms with Gasteiger partial charge in [-0.15, -0.1) is 0 Å². The van der Waals surface area contributed by atoms with Crippen molar-refractivity contribution in [3.8, 4) is 0 Å². The molecule has 0 unspecified atom stereocenters. The molecule has 0 saturated heterocycles. The Morgan fingerprint density at radius 2 is 2.00 bits per heavy atom. The molecular weight excluding hydrogens is 351 g/mol. The molecule has 0 saturated carbocycles. The molecule has 26 heavy (non-hydrogen) atoms. The van der Waals surface area contributed by atoms with Gasteiger partial charge < -0.3 is 14.5 Å². The van der Waals surface area contributed by atoms with Crippen LogP contribution in [0, 0.1) is 29.8 Å². The molecule has 136 valence electrons. The smallest absolute Gasteiger partial charge is 0.342 e. The third-order valence-corrected chi connectivity index (χ3v) is 3.30. The number of aryl methyl sites for hydroxylation is 2. The fourth-order valence-corrected chi connectivity index (χ4v) is 2.19. The van der Waals surface area contributed by atoms with Gasteiger partial charge in [0.15, 0.2) is 6.61 Å². The zero-order valence-corrected chi connectivity index (χ0v) is 13.7. The van der Waals surface area contributed by atoms with Crippen LogP contribution in [0.1, 0.15) is 21.7 Å². The molecule has 0 radical (unpaired) electrons. The standard InChI is InChI=1S/C16H13FN2O7/c1-8-5-14(21)26-9(2)15(8)16(22)25-7-13(20)18-10-3-4-11(17)12(6-10)19(23)24/h3-6H,7H2,1-2H3,(H,18,20). The highest BCUT2D eigenvalue weighted by atomic mass is 19.1. The first-order chi connectivity index (χ1) is 12.2. The molecule has 1 heterocycles. The van der Waals surface area contributed by atoms with Crippen molar-refractivity contribution in [1.82, 2.24) is 0 Å². The third kappa shape index (κ3) is 4.29. The van der Waals surface area contributed by atoms with Gasteiger partial charge >= 0.3 is 17.3 Å². The summed E-state index contributed by atoms with van der Waals surface area (Å²) in [5, 5.41) is 12.9. The van der Waals surface area contributed by atoms with E-state index in [1.165, 1.54) is 13.8 Å². The number of esters is 1. The topological polar surface area (TPSA) is 129 Å². The molecule has 1 N–H and O–H groups in total. The van der Waals surface area contributed by atoms with Crippen molar-refractivity contribution in [2.45, 2.75) is 13.8 Å². The summed E-state index contributed by atoms with van der Waals surface area (Å²) in [5.74, 6) is -2.65. The Balaban J connectivity index is 2.03. The van der Waals surface area contributed by atoms with Gasteiger partial charge in [-0.25, -0.2) is 9.59 Å². The molecule has 0 aliphatic heterocycles. The SMILES string of the molecule is Cc1cc(=O)oc(C)c1C(=O)OCC(=O)Nc1ccc(F)c([N+](=O)[O-])c1. The molecule has 10 heteroatoms. The second kappa shape index (κ2) is 7.55. The lowest BCUT2D eigenvalue weighted by molar-refractivity contribution is -0.387. The number of nitro benzene ring substituents is 1. The number of hydrogen-bond donors (Lipinski definition) is 1. The Morgan fingerprint density at radius 1 is 1.31 bits per heavy atom. The quantitative estimate of drug-likeness (QED) is 0.488. The van der Waals surface area contributed by atoms with Gasteiger partial charge in [0.2, 0.25) is 5.82 Å². The number of hydrogen-bond acceptors (Lipinski definition) is 7. The number of carbonyl (C=O) groups is 2. The maximum absolute atomic E-state index is 13.2. The summed E-state index contributed by atoms with van der Waals surface area (Å²) in [7, 11) is 0. The lowest BCUT2D eigenvalue weighted by Crippen LogP contribution is -2.22. The highest BCUT2D eigenvalue weighted by molar-refractivity contribution is 5.96. The normalized spacial score (nSPS) is 10.3. The molecule has 9 nitrogen and oxygen atoms in total. The Bertz CT molecular complexity index is 926. The van der Waals surface area contributed by atoms with E-state index in [4.69, 9.17) is 9.15 Å². The highest BCUT2D eigenvalue weighted by Crippen LogP contribution is 2.21. The van der Waals surface area contributed by atoms with Crippen LogP contribution in [0.15, 0.2) is 33.5 Å². The number of carbonyl (C=O) groups excluding carboxylic acids is 2. The number of amides is 1. The number of nitrogens with one attached hydrogen (secondary N) is 1. The molecule has 0 bridgehead atoms. The van der Waals surface area contributed by atoms with Gasteiger partial charge in [-0.3, -0.25) is 14.9 Å². The van der Waals surface area contributed by atoms with Gasteiger partial charge in [-0.1, -0.05) is 0 Å². The van der Waals surface area contributed by atoms with Crippen molar-refractivity contribution in [3.05, 3.63) is 67.5 Å². The summed E-state index contributed by atoms with van der Waals surface area (Å²) in [4.78, 5) is 44.8. The van der Waals surface area contributed by atoms with Crippen LogP contribution in [0.5, 0.6) is 0 Å². The van der Waals surface area contributed by atoms with Crippen LogP contribution < -0.4 is 10.9 Å². The van der Waals surface area contributed by atoms with E-state index in [1.54, 1.807) is 0 Å². The molecule has 2 rings (SSSR count). The van der Waals surface area contributed by atoms with Crippen LogP contribution in [0.4, 0.5) is 15.8 Å². The zero-order valence-electron chi connectivity index (χ0n) is 13.7. The van der Waals surface area contributed by atoms with Gasteiger partial charge in [-0.2, -0.15) is 4.39 Å². The zero-order chi connectivity index (χ0) is 19.4. The fraction of sp³-hybridized carbons (Fsp3) is 0.188. The van der Waals surface area contributed by atoms with E-state index in [2.05, 4.69) is 5.32 Å². The maximum atomic E-state index is 13.2. The van der Waals surface area contributed by atoms with E-state index in [9.17, 15) is 28.9 Å². The van der Waals surface area contributed by atoms with Crippen molar-refractivity contribution in [3.63, 3.8) is 0 Å². The van der Waals surface area contributed by atoms with Gasteiger partial charge in [0.05, 0.1) is 4.92 Å². The van der Waals surface area contributed by atoms with Crippen LogP contribution in [0.2, 0.25) is 0 Å². The van der Waals surface area contributed by atoms with E-state index in [0.717, 1.165) is 24.3 Å². The molecule has 0 spiro atoms. The van der Waals surface area contributed by atoms with Crippen LogP contribution in [0.3, 0.4) is 0 Å². The molecule has 0 fully saturated rings. The fourth-order valence-electron chi connectivity index (χ4n) is 2.19. The summed E-state index contributed by atoms with van der Waals surface area (Å²) in [6.07, 6.45) is 0. The van der Waals surface area contributed by atoms with Crippen LogP contribution in [-0.4, -0.2) is 23.4 Å². The van der Waals surface area contributed by atoms with E-state index >= 15 is 0 Å². The number of nitrogens with zero attached hydrogens (tertiary/aromatic N) is 1. The summed E-state index contributed by atoms with van der Waals surface area (Å²) < 4.78 is 22.9. The Morgan fingerprint density at radius 3 is 2.62 bits per heavy atom. The molecule has 2 aromatic rings. The predicted octanol–water partition coefficient (Wildman–Crippen LogP) is 2.10. The summed E-state index contributed by atoms with van der Waals surface area (Å²) in [6, 6.07) is 3.91.